The molecule has 0 saturated carbocycles. The lowest BCUT2D eigenvalue weighted by Gasteiger charge is -2.13. The fourth-order valence-corrected chi connectivity index (χ4v) is 2.55. The molecule has 1 heterocycles. The van der Waals surface area contributed by atoms with Gasteiger partial charge in [-0.3, -0.25) is 9.78 Å². The molecule has 25 heavy (non-hydrogen) atoms. The van der Waals surface area contributed by atoms with Crippen LogP contribution in [0, 0.1) is 6.92 Å². The molecule has 1 aromatic heterocycles. The zero-order valence-electron chi connectivity index (χ0n) is 14.9. The highest BCUT2D eigenvalue weighted by Crippen LogP contribution is 2.33. The van der Waals surface area contributed by atoms with E-state index in [0.29, 0.717) is 28.6 Å². The van der Waals surface area contributed by atoms with E-state index in [1.165, 1.54) is 0 Å². The molecule has 0 bridgehead atoms. The maximum atomic E-state index is 12.2. The number of aryl methyl sites for hydroxylation is 1. The van der Waals surface area contributed by atoms with E-state index in [4.69, 9.17) is 16.3 Å². The highest BCUT2D eigenvalue weighted by molar-refractivity contribution is 6.31. The fraction of sp³-hybridized carbons (Fsp3) is 0.368. The zero-order chi connectivity index (χ0) is 18.2. The minimum Gasteiger partial charge on any atom is -0.495 e. The Hall–Kier alpha value is -2.27. The summed E-state index contributed by atoms with van der Waals surface area (Å²) in [6, 6.07) is 5.43. The van der Waals surface area contributed by atoms with Crippen LogP contribution in [-0.4, -0.2) is 24.5 Å². The number of nitrogens with zero attached hydrogens (tertiary/aromatic N) is 1. The number of rotatable bonds is 8. The number of anilines is 2. The molecule has 2 aromatic rings. The van der Waals surface area contributed by atoms with E-state index in [1.807, 2.05) is 13.0 Å². The summed E-state index contributed by atoms with van der Waals surface area (Å²) in [5.74, 6) is 0.511. The molecule has 134 valence electrons. The Morgan fingerprint density at radius 1 is 1.24 bits per heavy atom. The average molecular weight is 362 g/mol. The van der Waals surface area contributed by atoms with Crippen molar-refractivity contribution in [3.63, 3.8) is 0 Å². The number of hydrogen-bond donors (Lipinski definition) is 2. The van der Waals surface area contributed by atoms with Gasteiger partial charge in [0.05, 0.1) is 30.2 Å². The quantitative estimate of drug-likeness (QED) is 0.668. The largest absolute Gasteiger partial charge is 0.495 e. The molecule has 6 heteroatoms. The van der Waals surface area contributed by atoms with Crippen molar-refractivity contribution in [3.8, 4) is 5.75 Å². The molecule has 0 fully saturated rings. The molecule has 0 radical (unpaired) electrons. The fourth-order valence-electron chi connectivity index (χ4n) is 2.40. The minimum atomic E-state index is -0.119. The Balaban J connectivity index is 2.11. The number of unbranched alkanes of at least 4 members (excludes halogenated alkanes) is 2. The molecule has 0 aliphatic carbocycles. The number of ether oxygens (including phenoxy) is 1. The number of nitrogens with one attached hydrogen (secondary N) is 2. The number of aromatic nitrogens is 1. The third kappa shape index (κ3) is 5.36. The molecular formula is C19H24ClN3O2. The average Bonchev–Trinajstić information content (AvgIpc) is 2.61. The van der Waals surface area contributed by atoms with Crippen LogP contribution >= 0.6 is 11.6 Å². The lowest BCUT2D eigenvalue weighted by Crippen LogP contribution is -2.24. The Bertz CT molecular complexity index is 735. The van der Waals surface area contributed by atoms with E-state index < -0.39 is 0 Å². The number of amides is 1. The third-order valence-electron chi connectivity index (χ3n) is 3.83. The Kier molecular flexibility index (Phi) is 7.07. The van der Waals surface area contributed by atoms with E-state index in [2.05, 4.69) is 22.5 Å². The molecule has 0 spiro atoms. The van der Waals surface area contributed by atoms with Crippen LogP contribution in [0.4, 0.5) is 11.4 Å². The number of methoxy groups -OCH3 is 1. The van der Waals surface area contributed by atoms with Crippen molar-refractivity contribution in [1.82, 2.24) is 10.3 Å². The predicted octanol–water partition coefficient (Wildman–Crippen LogP) is 4.72. The molecular weight excluding hydrogens is 338 g/mol. The first-order valence-electron chi connectivity index (χ1n) is 8.39. The van der Waals surface area contributed by atoms with Crippen LogP contribution in [0.3, 0.4) is 0 Å². The first-order valence-corrected chi connectivity index (χ1v) is 8.77. The van der Waals surface area contributed by atoms with E-state index in [1.54, 1.807) is 31.6 Å². The molecule has 2 N–H and O–H groups in total. The van der Waals surface area contributed by atoms with Gasteiger partial charge in [-0.25, -0.2) is 0 Å². The summed E-state index contributed by atoms with van der Waals surface area (Å²) in [5, 5.41) is 6.79. The normalized spacial score (nSPS) is 10.4. The Labute approximate surface area is 153 Å². The molecule has 1 aromatic carbocycles. The summed E-state index contributed by atoms with van der Waals surface area (Å²) < 4.78 is 5.36. The van der Waals surface area contributed by atoms with Crippen LogP contribution in [0.25, 0.3) is 0 Å². The van der Waals surface area contributed by atoms with Gasteiger partial charge in [0.1, 0.15) is 5.75 Å². The summed E-state index contributed by atoms with van der Waals surface area (Å²) in [5.41, 5.74) is 2.93. The SMILES string of the molecule is CCCCCNC(=O)c1cncc(Nc2cc(C)c(Cl)cc2OC)c1. The lowest BCUT2D eigenvalue weighted by molar-refractivity contribution is 0.0952. The number of benzene rings is 1. The van der Waals surface area contributed by atoms with Crippen LogP contribution in [0.5, 0.6) is 5.75 Å². The highest BCUT2D eigenvalue weighted by Gasteiger charge is 2.10. The third-order valence-corrected chi connectivity index (χ3v) is 4.23. The predicted molar refractivity (Wildman–Crippen MR) is 102 cm³/mol. The second-order valence-electron chi connectivity index (χ2n) is 5.85. The van der Waals surface area contributed by atoms with Crippen molar-refractivity contribution in [3.05, 3.63) is 46.7 Å². The van der Waals surface area contributed by atoms with Crippen molar-refractivity contribution in [2.75, 3.05) is 19.0 Å². The van der Waals surface area contributed by atoms with Crippen LogP contribution in [0.2, 0.25) is 5.02 Å². The minimum absolute atomic E-state index is 0.119. The molecule has 0 saturated heterocycles. The van der Waals surface area contributed by atoms with Crippen molar-refractivity contribution in [2.45, 2.75) is 33.1 Å². The number of carbonyl (C=O) groups excluding carboxylic acids is 1. The monoisotopic (exact) mass is 361 g/mol. The van der Waals surface area contributed by atoms with Crippen molar-refractivity contribution in [1.29, 1.82) is 0 Å². The van der Waals surface area contributed by atoms with Crippen LogP contribution < -0.4 is 15.4 Å². The van der Waals surface area contributed by atoms with Gasteiger partial charge in [0.25, 0.3) is 5.91 Å². The summed E-state index contributed by atoms with van der Waals surface area (Å²) in [6.07, 6.45) is 6.44. The van der Waals surface area contributed by atoms with Crippen molar-refractivity contribution >= 4 is 28.9 Å². The first-order chi connectivity index (χ1) is 12.0. The van der Waals surface area contributed by atoms with Crippen LogP contribution in [0.1, 0.15) is 42.1 Å². The molecule has 0 unspecified atom stereocenters. The van der Waals surface area contributed by atoms with Crippen LogP contribution in [0.15, 0.2) is 30.6 Å². The van der Waals surface area contributed by atoms with Gasteiger partial charge < -0.3 is 15.4 Å². The topological polar surface area (TPSA) is 63.2 Å². The van der Waals surface area contributed by atoms with Gasteiger partial charge in [-0.15, -0.1) is 0 Å². The van der Waals surface area contributed by atoms with E-state index >= 15 is 0 Å². The van der Waals surface area contributed by atoms with E-state index in [-0.39, 0.29) is 5.91 Å². The van der Waals surface area contributed by atoms with Gasteiger partial charge in [0.2, 0.25) is 0 Å². The maximum absolute atomic E-state index is 12.2. The second kappa shape index (κ2) is 9.28. The highest BCUT2D eigenvalue weighted by atomic mass is 35.5. The molecule has 5 nitrogen and oxygen atoms in total. The number of halogens is 1. The molecule has 0 aliphatic rings. The molecule has 1 amide bonds. The molecule has 0 aliphatic heterocycles. The second-order valence-corrected chi connectivity index (χ2v) is 6.26. The van der Waals surface area contributed by atoms with E-state index in [0.717, 1.165) is 30.5 Å². The lowest BCUT2D eigenvalue weighted by atomic mass is 10.2. The standard InChI is InChI=1S/C19H24ClN3O2/c1-4-5-6-7-22-19(24)14-9-15(12-21-11-14)23-17-8-13(2)16(20)10-18(17)25-3/h8-12,23H,4-7H2,1-3H3,(H,22,24). The zero-order valence-corrected chi connectivity index (χ0v) is 15.6. The summed E-state index contributed by atoms with van der Waals surface area (Å²) in [4.78, 5) is 16.4. The Morgan fingerprint density at radius 3 is 2.76 bits per heavy atom. The smallest absolute Gasteiger partial charge is 0.252 e. The van der Waals surface area contributed by atoms with Crippen molar-refractivity contribution in [2.24, 2.45) is 0 Å². The number of hydrogen-bond acceptors (Lipinski definition) is 4. The maximum Gasteiger partial charge on any atom is 0.252 e. The van der Waals surface area contributed by atoms with Gasteiger partial charge in [0, 0.05) is 23.8 Å². The molecule has 0 atom stereocenters. The van der Waals surface area contributed by atoms with E-state index in [9.17, 15) is 4.79 Å². The Morgan fingerprint density at radius 2 is 2.04 bits per heavy atom. The van der Waals surface area contributed by atoms with Gasteiger partial charge in [0.15, 0.2) is 0 Å². The van der Waals surface area contributed by atoms with Gasteiger partial charge in [-0.2, -0.15) is 0 Å². The first kappa shape index (κ1) is 19.1. The molecule has 2 rings (SSSR count). The number of carbonyl (C=O) groups is 1. The van der Waals surface area contributed by atoms with Gasteiger partial charge >= 0.3 is 0 Å². The summed E-state index contributed by atoms with van der Waals surface area (Å²) >= 11 is 6.13. The van der Waals surface area contributed by atoms with Gasteiger partial charge in [-0.05, 0) is 31.0 Å². The van der Waals surface area contributed by atoms with Crippen LogP contribution in [-0.2, 0) is 0 Å². The van der Waals surface area contributed by atoms with Gasteiger partial charge in [-0.1, -0.05) is 31.4 Å². The summed E-state index contributed by atoms with van der Waals surface area (Å²) in [7, 11) is 1.59. The summed E-state index contributed by atoms with van der Waals surface area (Å²) in [6.45, 7) is 4.73. The van der Waals surface area contributed by atoms with Crippen molar-refractivity contribution < 1.29 is 9.53 Å². The number of pyridine rings is 1.